The van der Waals surface area contributed by atoms with Crippen LogP contribution >= 0.6 is 0 Å². The van der Waals surface area contributed by atoms with Crippen LogP contribution in [0.4, 0.5) is 0 Å². The Morgan fingerprint density at radius 2 is 1.60 bits per heavy atom. The highest BCUT2D eigenvalue weighted by Gasteiger charge is 2.27. The Balaban J connectivity index is 4.74. The summed E-state index contributed by atoms with van der Waals surface area (Å²) >= 11 is 0. The standard InChI is InChI=1S/C12H22N4O4/c1-6(2)10(15-7(3)17)12(20)16-8(11(14)19)4-5-9(13)18/h6,8,10H,4-5H2,1-3H3,(H2,13,18)(H2,14,19)(H,15,17)(H,16,20). The first-order valence-electron chi connectivity index (χ1n) is 6.30. The molecule has 2 unspecified atom stereocenters. The molecular formula is C12H22N4O4. The maximum absolute atomic E-state index is 12.0. The van der Waals surface area contributed by atoms with E-state index in [1.165, 1.54) is 6.92 Å². The van der Waals surface area contributed by atoms with Gasteiger partial charge in [-0.25, -0.2) is 0 Å². The second kappa shape index (κ2) is 8.13. The van der Waals surface area contributed by atoms with Gasteiger partial charge < -0.3 is 22.1 Å². The molecule has 0 aromatic rings. The minimum Gasteiger partial charge on any atom is -0.370 e. The predicted octanol–water partition coefficient (Wildman–Crippen LogP) is -1.62. The number of carbonyl (C=O) groups excluding carboxylic acids is 4. The fourth-order valence-electron chi connectivity index (χ4n) is 1.59. The molecule has 0 aliphatic carbocycles. The van der Waals surface area contributed by atoms with Crippen molar-refractivity contribution in [3.05, 3.63) is 0 Å². The molecule has 0 heterocycles. The predicted molar refractivity (Wildman–Crippen MR) is 72.0 cm³/mol. The summed E-state index contributed by atoms with van der Waals surface area (Å²) in [5, 5.41) is 4.92. The topological polar surface area (TPSA) is 144 Å². The fourth-order valence-corrected chi connectivity index (χ4v) is 1.59. The lowest BCUT2D eigenvalue weighted by Crippen LogP contribution is -2.54. The summed E-state index contributed by atoms with van der Waals surface area (Å²) in [7, 11) is 0. The Morgan fingerprint density at radius 3 is 1.95 bits per heavy atom. The molecule has 0 aromatic heterocycles. The van der Waals surface area contributed by atoms with Gasteiger partial charge in [0.2, 0.25) is 23.6 Å². The van der Waals surface area contributed by atoms with Crippen molar-refractivity contribution in [1.82, 2.24) is 10.6 Å². The second-order valence-electron chi connectivity index (χ2n) is 4.89. The number of nitrogens with one attached hydrogen (secondary N) is 2. The Morgan fingerprint density at radius 1 is 1.05 bits per heavy atom. The maximum atomic E-state index is 12.0. The summed E-state index contributed by atoms with van der Waals surface area (Å²) in [6, 6.07) is -1.77. The summed E-state index contributed by atoms with van der Waals surface area (Å²) < 4.78 is 0. The molecule has 0 saturated heterocycles. The highest BCUT2D eigenvalue weighted by Crippen LogP contribution is 2.04. The lowest BCUT2D eigenvalue weighted by Gasteiger charge is -2.23. The van der Waals surface area contributed by atoms with Gasteiger partial charge in [-0.1, -0.05) is 13.8 Å². The van der Waals surface area contributed by atoms with Gasteiger partial charge in [0, 0.05) is 13.3 Å². The molecule has 0 aliphatic rings. The van der Waals surface area contributed by atoms with E-state index >= 15 is 0 Å². The molecular weight excluding hydrogens is 264 g/mol. The van der Waals surface area contributed by atoms with Gasteiger partial charge in [0.25, 0.3) is 0 Å². The monoisotopic (exact) mass is 286 g/mol. The second-order valence-corrected chi connectivity index (χ2v) is 4.89. The highest BCUT2D eigenvalue weighted by atomic mass is 16.2. The summed E-state index contributed by atoms with van der Waals surface area (Å²) in [6.07, 6.45) is -0.0400. The maximum Gasteiger partial charge on any atom is 0.243 e. The number of hydrogen-bond acceptors (Lipinski definition) is 4. The number of nitrogens with two attached hydrogens (primary N) is 2. The van der Waals surface area contributed by atoms with Gasteiger partial charge in [0.05, 0.1) is 0 Å². The largest absolute Gasteiger partial charge is 0.370 e. The molecule has 0 saturated carbocycles. The van der Waals surface area contributed by atoms with Gasteiger partial charge >= 0.3 is 0 Å². The van der Waals surface area contributed by atoms with Gasteiger partial charge in [-0.3, -0.25) is 19.2 Å². The molecule has 0 bridgehead atoms. The van der Waals surface area contributed by atoms with Crippen LogP contribution in [0.1, 0.15) is 33.6 Å². The zero-order chi connectivity index (χ0) is 15.9. The highest BCUT2D eigenvalue weighted by molar-refractivity contribution is 5.91. The van der Waals surface area contributed by atoms with Crippen LogP contribution in [-0.4, -0.2) is 35.7 Å². The van der Waals surface area contributed by atoms with Gasteiger partial charge in [-0.2, -0.15) is 0 Å². The quantitative estimate of drug-likeness (QED) is 0.425. The van der Waals surface area contributed by atoms with Gasteiger partial charge in [0.1, 0.15) is 12.1 Å². The zero-order valence-electron chi connectivity index (χ0n) is 11.9. The SMILES string of the molecule is CC(=O)NC(C(=O)NC(CCC(N)=O)C(N)=O)C(C)C. The van der Waals surface area contributed by atoms with Crippen molar-refractivity contribution in [1.29, 1.82) is 0 Å². The number of primary amides is 2. The molecule has 0 rings (SSSR count). The van der Waals surface area contributed by atoms with E-state index in [0.717, 1.165) is 0 Å². The third-order valence-corrected chi connectivity index (χ3v) is 2.65. The Bertz CT molecular complexity index is 395. The van der Waals surface area contributed by atoms with Crippen LogP contribution in [0.5, 0.6) is 0 Å². The Labute approximate surface area is 117 Å². The molecule has 20 heavy (non-hydrogen) atoms. The van der Waals surface area contributed by atoms with Crippen molar-refractivity contribution in [2.45, 2.75) is 45.7 Å². The van der Waals surface area contributed by atoms with E-state index in [2.05, 4.69) is 10.6 Å². The van der Waals surface area contributed by atoms with E-state index in [4.69, 9.17) is 11.5 Å². The van der Waals surface area contributed by atoms with E-state index in [-0.39, 0.29) is 24.7 Å². The van der Waals surface area contributed by atoms with Crippen molar-refractivity contribution >= 4 is 23.6 Å². The molecule has 0 radical (unpaired) electrons. The minimum atomic E-state index is -0.995. The van der Waals surface area contributed by atoms with Crippen molar-refractivity contribution in [3.63, 3.8) is 0 Å². The van der Waals surface area contributed by atoms with E-state index in [1.54, 1.807) is 13.8 Å². The summed E-state index contributed by atoms with van der Waals surface area (Å²) in [5.41, 5.74) is 10.1. The normalized spacial score (nSPS) is 13.4. The molecule has 114 valence electrons. The molecule has 4 amide bonds. The molecule has 0 aliphatic heterocycles. The minimum absolute atomic E-state index is 0.0291. The molecule has 0 fully saturated rings. The van der Waals surface area contributed by atoms with Crippen molar-refractivity contribution in [3.8, 4) is 0 Å². The van der Waals surface area contributed by atoms with E-state index in [1.807, 2.05) is 0 Å². The lowest BCUT2D eigenvalue weighted by molar-refractivity contribution is -0.132. The number of amides is 4. The molecule has 0 spiro atoms. The molecule has 2 atom stereocenters. The van der Waals surface area contributed by atoms with Gasteiger partial charge in [-0.15, -0.1) is 0 Å². The summed E-state index contributed by atoms with van der Waals surface area (Å²) in [4.78, 5) is 45.0. The lowest BCUT2D eigenvalue weighted by atomic mass is 10.0. The first-order valence-corrected chi connectivity index (χ1v) is 6.30. The average molecular weight is 286 g/mol. The van der Waals surface area contributed by atoms with Crippen LogP contribution in [0.2, 0.25) is 0 Å². The van der Waals surface area contributed by atoms with Crippen LogP contribution < -0.4 is 22.1 Å². The third-order valence-electron chi connectivity index (χ3n) is 2.65. The first kappa shape index (κ1) is 17.9. The summed E-state index contributed by atoms with van der Waals surface area (Å²) in [5.74, 6) is -2.39. The van der Waals surface area contributed by atoms with Crippen molar-refractivity contribution < 1.29 is 19.2 Å². The van der Waals surface area contributed by atoms with Crippen LogP contribution in [-0.2, 0) is 19.2 Å². The zero-order valence-corrected chi connectivity index (χ0v) is 11.9. The molecule has 6 N–H and O–H groups in total. The van der Waals surface area contributed by atoms with Gasteiger partial charge in [-0.05, 0) is 12.3 Å². The number of carbonyl (C=O) groups is 4. The Hall–Kier alpha value is -2.12. The average Bonchev–Trinajstić information content (AvgIpc) is 2.29. The van der Waals surface area contributed by atoms with Crippen LogP contribution in [0, 0.1) is 5.92 Å². The molecule has 8 heteroatoms. The van der Waals surface area contributed by atoms with Gasteiger partial charge in [0.15, 0.2) is 0 Å². The van der Waals surface area contributed by atoms with Crippen molar-refractivity contribution in [2.24, 2.45) is 17.4 Å². The fraction of sp³-hybridized carbons (Fsp3) is 0.667. The van der Waals surface area contributed by atoms with E-state index in [0.29, 0.717) is 0 Å². The van der Waals surface area contributed by atoms with Crippen LogP contribution in [0.25, 0.3) is 0 Å². The Kier molecular flexibility index (Phi) is 7.27. The number of rotatable bonds is 8. The summed E-state index contributed by atoms with van der Waals surface area (Å²) in [6.45, 7) is 4.80. The van der Waals surface area contributed by atoms with Crippen LogP contribution in [0.3, 0.4) is 0 Å². The smallest absolute Gasteiger partial charge is 0.243 e. The number of hydrogen-bond donors (Lipinski definition) is 4. The molecule has 8 nitrogen and oxygen atoms in total. The van der Waals surface area contributed by atoms with Crippen LogP contribution in [0.15, 0.2) is 0 Å². The van der Waals surface area contributed by atoms with E-state index < -0.39 is 29.8 Å². The first-order chi connectivity index (χ1) is 9.15. The third kappa shape index (κ3) is 6.72. The van der Waals surface area contributed by atoms with E-state index in [9.17, 15) is 19.2 Å². The van der Waals surface area contributed by atoms with Crippen molar-refractivity contribution in [2.75, 3.05) is 0 Å². The molecule has 0 aromatic carbocycles.